The quantitative estimate of drug-likeness (QED) is 0.890. The molecule has 1 aromatic rings. The molecule has 3 rings (SSSR count). The molecule has 0 bridgehead atoms. The number of carbonyl (C=O) groups excluding carboxylic acids is 2. The van der Waals surface area contributed by atoms with Crippen molar-refractivity contribution in [3.8, 4) is 11.5 Å². The highest BCUT2D eigenvalue weighted by Gasteiger charge is 2.44. The minimum absolute atomic E-state index is 0.130. The molecule has 6 heteroatoms. The maximum absolute atomic E-state index is 12.6. The van der Waals surface area contributed by atoms with Gasteiger partial charge in [0.25, 0.3) is 5.91 Å². The summed E-state index contributed by atoms with van der Waals surface area (Å²) in [5, 5.41) is 3.04. The van der Waals surface area contributed by atoms with Gasteiger partial charge < -0.3 is 19.7 Å². The molecular formula is C19H24N2O4. The van der Waals surface area contributed by atoms with E-state index in [0.29, 0.717) is 30.0 Å². The molecule has 1 fully saturated rings. The summed E-state index contributed by atoms with van der Waals surface area (Å²) >= 11 is 0. The van der Waals surface area contributed by atoms with E-state index in [-0.39, 0.29) is 17.2 Å². The summed E-state index contributed by atoms with van der Waals surface area (Å²) in [5.74, 6) is 1.11. The molecule has 1 N–H and O–H groups in total. The summed E-state index contributed by atoms with van der Waals surface area (Å²) in [5.41, 5.74) is 1.45. The Morgan fingerprint density at radius 2 is 2.00 bits per heavy atom. The van der Waals surface area contributed by atoms with Crippen LogP contribution in [0.25, 0.3) is 0 Å². The van der Waals surface area contributed by atoms with E-state index in [2.05, 4.69) is 11.4 Å². The molecule has 0 aromatic heterocycles. The third-order valence-electron chi connectivity index (χ3n) is 5.29. The van der Waals surface area contributed by atoms with Crippen molar-refractivity contribution < 1.29 is 19.1 Å². The minimum atomic E-state index is -0.152. The van der Waals surface area contributed by atoms with Crippen molar-refractivity contribution in [2.45, 2.75) is 25.7 Å². The largest absolute Gasteiger partial charge is 0.493 e. The van der Waals surface area contributed by atoms with Crippen molar-refractivity contribution in [1.29, 1.82) is 0 Å². The van der Waals surface area contributed by atoms with Gasteiger partial charge in [0.1, 0.15) is 0 Å². The van der Waals surface area contributed by atoms with Crippen molar-refractivity contribution in [2.24, 2.45) is 5.41 Å². The number of rotatable bonds is 5. The number of carbonyl (C=O) groups is 2. The summed E-state index contributed by atoms with van der Waals surface area (Å²) in [6.45, 7) is 0.531. The Bertz CT molecular complexity index is 728. The molecule has 1 unspecified atom stereocenters. The van der Waals surface area contributed by atoms with E-state index in [4.69, 9.17) is 9.47 Å². The molecule has 1 heterocycles. The number of nitrogens with zero attached hydrogens (tertiary/aromatic N) is 1. The second-order valence-electron chi connectivity index (χ2n) is 6.61. The zero-order chi connectivity index (χ0) is 18.0. The molecule has 134 valence electrons. The number of allylic oxidation sites excluding steroid dienone is 1. The Labute approximate surface area is 147 Å². The maximum Gasteiger partial charge on any atom is 0.251 e. The van der Waals surface area contributed by atoms with Gasteiger partial charge in [-0.25, -0.2) is 0 Å². The van der Waals surface area contributed by atoms with Gasteiger partial charge in [0.15, 0.2) is 11.5 Å². The predicted octanol–water partition coefficient (Wildman–Crippen LogP) is 2.35. The predicted molar refractivity (Wildman–Crippen MR) is 93.6 cm³/mol. The van der Waals surface area contributed by atoms with Crippen LogP contribution in [-0.4, -0.2) is 44.5 Å². The number of nitrogens with one attached hydrogen (secondary N) is 1. The van der Waals surface area contributed by atoms with Crippen LogP contribution in [0.2, 0.25) is 0 Å². The third-order valence-corrected chi connectivity index (χ3v) is 5.29. The van der Waals surface area contributed by atoms with Crippen LogP contribution >= 0.6 is 0 Å². The lowest BCUT2D eigenvalue weighted by molar-refractivity contribution is -0.131. The van der Waals surface area contributed by atoms with Gasteiger partial charge in [0.05, 0.1) is 14.2 Å². The molecule has 1 aromatic carbocycles. The Balaban J connectivity index is 1.72. The number of ether oxygens (including phenoxy) is 2. The summed E-state index contributed by atoms with van der Waals surface area (Å²) in [7, 11) is 4.93. The average molecular weight is 344 g/mol. The summed E-state index contributed by atoms with van der Waals surface area (Å²) in [6, 6.07) is 5.12. The van der Waals surface area contributed by atoms with Crippen molar-refractivity contribution in [3.05, 3.63) is 35.5 Å². The lowest BCUT2D eigenvalue weighted by Gasteiger charge is -2.41. The van der Waals surface area contributed by atoms with E-state index in [0.717, 1.165) is 25.0 Å². The topological polar surface area (TPSA) is 67.9 Å². The normalized spacial score (nSPS) is 22.3. The number of likely N-dealkylation sites (tertiary alicyclic amines) is 1. The second-order valence-corrected chi connectivity index (χ2v) is 6.61. The molecule has 0 saturated carbocycles. The van der Waals surface area contributed by atoms with E-state index in [1.54, 1.807) is 37.3 Å². The van der Waals surface area contributed by atoms with Crippen LogP contribution in [0.1, 0.15) is 36.0 Å². The van der Waals surface area contributed by atoms with Crippen LogP contribution in [0.4, 0.5) is 0 Å². The molecule has 0 spiro atoms. The first kappa shape index (κ1) is 17.3. The molecule has 2 aliphatic rings. The lowest BCUT2D eigenvalue weighted by atomic mass is 9.77. The summed E-state index contributed by atoms with van der Waals surface area (Å²) < 4.78 is 10.5. The SMILES string of the molecule is COc1ccc(C(=O)NCC23CCC=C2N(C)C(=O)CC3)cc1OC. The van der Waals surface area contributed by atoms with Gasteiger partial charge in [0.2, 0.25) is 5.91 Å². The lowest BCUT2D eigenvalue weighted by Crippen LogP contribution is -2.46. The van der Waals surface area contributed by atoms with Crippen LogP contribution < -0.4 is 14.8 Å². The van der Waals surface area contributed by atoms with Crippen LogP contribution in [-0.2, 0) is 4.79 Å². The van der Waals surface area contributed by atoms with E-state index in [1.807, 2.05) is 7.05 Å². The number of hydrogen-bond donors (Lipinski definition) is 1. The third kappa shape index (κ3) is 3.08. The van der Waals surface area contributed by atoms with Crippen LogP contribution in [0.15, 0.2) is 30.0 Å². The monoisotopic (exact) mass is 344 g/mol. The number of methoxy groups -OCH3 is 2. The average Bonchev–Trinajstić information content (AvgIpc) is 3.07. The van der Waals surface area contributed by atoms with Gasteiger partial charge in [-0.1, -0.05) is 6.08 Å². The van der Waals surface area contributed by atoms with Gasteiger partial charge in [-0.05, 0) is 37.5 Å². The minimum Gasteiger partial charge on any atom is -0.493 e. The van der Waals surface area contributed by atoms with Crippen LogP contribution in [0.3, 0.4) is 0 Å². The first-order chi connectivity index (χ1) is 12.0. The zero-order valence-electron chi connectivity index (χ0n) is 14.9. The molecule has 2 amide bonds. The molecular weight excluding hydrogens is 320 g/mol. The van der Waals surface area contributed by atoms with E-state index < -0.39 is 0 Å². The van der Waals surface area contributed by atoms with Crippen LogP contribution in [0.5, 0.6) is 11.5 Å². The first-order valence-corrected chi connectivity index (χ1v) is 8.48. The molecule has 1 saturated heterocycles. The Morgan fingerprint density at radius 3 is 2.72 bits per heavy atom. The Morgan fingerprint density at radius 1 is 1.24 bits per heavy atom. The highest BCUT2D eigenvalue weighted by Crippen LogP contribution is 2.46. The summed E-state index contributed by atoms with van der Waals surface area (Å²) in [4.78, 5) is 26.3. The molecule has 1 aliphatic carbocycles. The Hall–Kier alpha value is -2.50. The first-order valence-electron chi connectivity index (χ1n) is 8.48. The standard InChI is InChI=1S/C19H24N2O4/c1-21-16-5-4-9-19(16,10-8-17(21)22)12-20-18(23)13-6-7-14(24-2)15(11-13)25-3/h5-7,11H,4,8-10,12H2,1-3H3,(H,20,23). The van der Waals surface area contributed by atoms with E-state index in [1.165, 1.54) is 0 Å². The van der Waals surface area contributed by atoms with Crippen molar-refractivity contribution in [1.82, 2.24) is 10.2 Å². The smallest absolute Gasteiger partial charge is 0.251 e. The summed E-state index contributed by atoms with van der Waals surface area (Å²) in [6.07, 6.45) is 5.35. The van der Waals surface area contributed by atoms with Crippen molar-refractivity contribution in [3.63, 3.8) is 0 Å². The second kappa shape index (κ2) is 6.78. The van der Waals surface area contributed by atoms with Gasteiger partial charge in [0, 0.05) is 36.7 Å². The van der Waals surface area contributed by atoms with Gasteiger partial charge >= 0.3 is 0 Å². The van der Waals surface area contributed by atoms with E-state index in [9.17, 15) is 9.59 Å². The van der Waals surface area contributed by atoms with Gasteiger partial charge in [-0.2, -0.15) is 0 Å². The fourth-order valence-corrected chi connectivity index (χ4v) is 3.82. The number of piperidine rings is 1. The van der Waals surface area contributed by atoms with E-state index >= 15 is 0 Å². The number of fused-ring (bicyclic) bond motifs is 1. The molecule has 0 radical (unpaired) electrons. The molecule has 1 aliphatic heterocycles. The number of amides is 2. The number of hydrogen-bond acceptors (Lipinski definition) is 4. The van der Waals surface area contributed by atoms with Crippen LogP contribution in [0, 0.1) is 5.41 Å². The van der Waals surface area contributed by atoms with Gasteiger partial charge in [-0.15, -0.1) is 0 Å². The van der Waals surface area contributed by atoms with Gasteiger partial charge in [-0.3, -0.25) is 9.59 Å². The fourth-order valence-electron chi connectivity index (χ4n) is 3.82. The molecule has 1 atom stereocenters. The molecule has 6 nitrogen and oxygen atoms in total. The van der Waals surface area contributed by atoms with Crippen molar-refractivity contribution in [2.75, 3.05) is 27.8 Å². The highest BCUT2D eigenvalue weighted by molar-refractivity contribution is 5.95. The maximum atomic E-state index is 12.6. The Kier molecular flexibility index (Phi) is 4.70. The van der Waals surface area contributed by atoms with Crippen molar-refractivity contribution >= 4 is 11.8 Å². The zero-order valence-corrected chi connectivity index (χ0v) is 14.9. The fraction of sp³-hybridized carbons (Fsp3) is 0.474. The highest BCUT2D eigenvalue weighted by atomic mass is 16.5. The molecule has 25 heavy (non-hydrogen) atoms. The number of benzene rings is 1.